The van der Waals surface area contributed by atoms with Crippen LogP contribution in [-0.4, -0.2) is 74.8 Å². The van der Waals surface area contributed by atoms with Crippen molar-refractivity contribution in [2.75, 3.05) is 45.8 Å². The Kier molecular flexibility index (Phi) is 19.4. The molecule has 0 spiro atoms. The molecule has 4 amide bonds. The minimum absolute atomic E-state index is 0. The van der Waals surface area contributed by atoms with Gasteiger partial charge in [-0.15, -0.1) is 0 Å². The monoisotopic (exact) mass is 1130 g/mol. The minimum atomic E-state index is -1.75. The summed E-state index contributed by atoms with van der Waals surface area (Å²) in [6.07, 6.45) is 0. The second kappa shape index (κ2) is 26.5. The van der Waals surface area contributed by atoms with Gasteiger partial charge in [-0.25, -0.2) is 19.9 Å². The van der Waals surface area contributed by atoms with Crippen LogP contribution in [0.2, 0.25) is 0 Å². The van der Waals surface area contributed by atoms with E-state index in [1.165, 1.54) is 0 Å². The average Bonchev–Trinajstić information content (AvgIpc) is 3.61. The van der Waals surface area contributed by atoms with Crippen molar-refractivity contribution in [2.24, 2.45) is 0 Å². The Bertz CT molecular complexity index is 3420. The summed E-state index contributed by atoms with van der Waals surface area (Å²) in [5, 5.41) is 18.2. The van der Waals surface area contributed by atoms with Crippen molar-refractivity contribution in [3.8, 4) is 0 Å². The van der Waals surface area contributed by atoms with Crippen LogP contribution in [-0.2, 0) is 17.1 Å². The van der Waals surface area contributed by atoms with Crippen molar-refractivity contribution in [1.29, 1.82) is 0 Å². The molecular formula is C64H60CuN9O7. The quantitative estimate of drug-likeness (QED) is 0.0488. The van der Waals surface area contributed by atoms with Crippen LogP contribution >= 0.6 is 0 Å². The van der Waals surface area contributed by atoms with Gasteiger partial charge in [-0.05, 0) is 128 Å². The van der Waals surface area contributed by atoms with Gasteiger partial charge in [0.2, 0.25) is 0 Å². The molecule has 0 unspecified atom stereocenters. The van der Waals surface area contributed by atoms with Gasteiger partial charge in [0, 0.05) is 70.5 Å². The molecule has 0 fully saturated rings. The summed E-state index contributed by atoms with van der Waals surface area (Å²) in [5.41, 5.74) is 11.6. The number of rotatable bonds is 12. The fourth-order valence-electron chi connectivity index (χ4n) is 9.24. The van der Waals surface area contributed by atoms with Gasteiger partial charge in [-0.2, -0.15) is 0 Å². The molecule has 17 heteroatoms. The summed E-state index contributed by atoms with van der Waals surface area (Å²) in [5.74, 6) is -0.726. The van der Waals surface area contributed by atoms with E-state index in [-0.39, 0.29) is 40.7 Å². The molecule has 0 bridgehead atoms. The zero-order chi connectivity index (χ0) is 57.2. The number of hydrogen-bond donors (Lipinski definition) is 0. The van der Waals surface area contributed by atoms with Crippen molar-refractivity contribution < 1.29 is 41.3 Å². The summed E-state index contributed by atoms with van der Waals surface area (Å²) < 4.78 is 0. The molecule has 0 saturated heterocycles. The third-order valence-electron chi connectivity index (χ3n) is 13.5. The standard InChI is InChI=1S/2C32H30N4O2.Cu.NO3/c2*1-5-35(25-15-7-21(3)8-16-25)31(37)27-19-13-23-11-12-24-14-20-28(34-30(24)29(23)33-27)32(38)36(6-2)26-17-9-22(4)10-18-26;;2-1(3)4/h2*7-20H,5-6H2,1-4H3;;/q;;+1;-1. The van der Waals surface area contributed by atoms with Crippen LogP contribution in [0.3, 0.4) is 0 Å². The van der Waals surface area contributed by atoms with Gasteiger partial charge in [-0.3, -0.25) is 19.2 Å². The molecule has 4 aromatic heterocycles. The van der Waals surface area contributed by atoms with E-state index in [0.29, 0.717) is 71.0 Å². The maximum Gasteiger partial charge on any atom is 1.00 e. The van der Waals surface area contributed by atoms with Crippen LogP contribution in [0.1, 0.15) is 91.9 Å². The third kappa shape index (κ3) is 13.5. The first-order chi connectivity index (χ1) is 38.5. The molecule has 414 valence electrons. The Morgan fingerprint density at radius 1 is 0.333 bits per heavy atom. The molecule has 6 aromatic carbocycles. The molecule has 0 N–H and O–H groups in total. The summed E-state index contributed by atoms with van der Waals surface area (Å²) >= 11 is 0. The van der Waals surface area contributed by atoms with Gasteiger partial charge in [0.05, 0.1) is 27.2 Å². The van der Waals surface area contributed by atoms with E-state index < -0.39 is 5.09 Å². The summed E-state index contributed by atoms with van der Waals surface area (Å²) in [6, 6.07) is 53.9. The van der Waals surface area contributed by atoms with Gasteiger partial charge in [0.15, 0.2) is 0 Å². The van der Waals surface area contributed by atoms with Crippen LogP contribution in [0.4, 0.5) is 22.7 Å². The third-order valence-corrected chi connectivity index (χ3v) is 13.5. The van der Waals surface area contributed by atoms with E-state index in [4.69, 9.17) is 35.3 Å². The number of nitrogens with zero attached hydrogens (tertiary/aromatic N) is 9. The predicted molar refractivity (Wildman–Crippen MR) is 319 cm³/mol. The van der Waals surface area contributed by atoms with Crippen LogP contribution < -0.4 is 19.6 Å². The molecule has 16 nitrogen and oxygen atoms in total. The van der Waals surface area contributed by atoms with Crippen LogP contribution in [0.15, 0.2) is 170 Å². The second-order valence-electron chi connectivity index (χ2n) is 19.0. The number of aryl methyl sites for hydroxylation is 4. The molecule has 0 atom stereocenters. The van der Waals surface area contributed by atoms with E-state index in [1.54, 1.807) is 43.9 Å². The van der Waals surface area contributed by atoms with E-state index in [9.17, 15) is 19.2 Å². The molecule has 10 rings (SSSR count). The Morgan fingerprint density at radius 3 is 0.654 bits per heavy atom. The van der Waals surface area contributed by atoms with Crippen molar-refractivity contribution >= 4 is 90.0 Å². The minimum Gasteiger partial charge on any atom is -0.356 e. The van der Waals surface area contributed by atoms with Crippen molar-refractivity contribution in [3.63, 3.8) is 0 Å². The number of fused-ring (bicyclic) bond motifs is 6. The molecule has 0 aliphatic heterocycles. The van der Waals surface area contributed by atoms with E-state index in [2.05, 4.69) is 0 Å². The normalized spacial score (nSPS) is 10.7. The molecule has 0 aliphatic carbocycles. The molecule has 0 saturated carbocycles. The van der Waals surface area contributed by atoms with E-state index in [0.717, 1.165) is 66.5 Å². The number of benzene rings is 6. The molecular weight excluding hydrogens is 1070 g/mol. The topological polar surface area (TPSA) is 199 Å². The number of aromatic nitrogens is 4. The Hall–Kier alpha value is -9.44. The Balaban J connectivity index is 0.000000217. The summed E-state index contributed by atoms with van der Waals surface area (Å²) in [6.45, 7) is 17.9. The molecule has 81 heavy (non-hydrogen) atoms. The van der Waals surface area contributed by atoms with Crippen molar-refractivity contribution in [3.05, 3.63) is 230 Å². The van der Waals surface area contributed by atoms with Gasteiger partial charge in [0.25, 0.3) is 23.6 Å². The van der Waals surface area contributed by atoms with Gasteiger partial charge in [0.1, 0.15) is 22.8 Å². The maximum atomic E-state index is 13.5. The summed E-state index contributed by atoms with van der Waals surface area (Å²) in [4.78, 5) is 88.2. The largest absolute Gasteiger partial charge is 1.00 e. The second-order valence-corrected chi connectivity index (χ2v) is 19.0. The van der Waals surface area contributed by atoms with Crippen molar-refractivity contribution in [2.45, 2.75) is 55.4 Å². The van der Waals surface area contributed by atoms with E-state index >= 15 is 0 Å². The predicted octanol–water partition coefficient (Wildman–Crippen LogP) is 13.2. The molecule has 10 aromatic rings. The zero-order valence-corrected chi connectivity index (χ0v) is 47.1. The number of amides is 4. The maximum absolute atomic E-state index is 13.5. The molecule has 0 radical (unpaired) electrons. The fraction of sp³-hybridized carbons (Fsp3) is 0.188. The number of carbonyl (C=O) groups excluding carboxylic acids is 4. The Labute approximate surface area is 480 Å². The first-order valence-corrected chi connectivity index (χ1v) is 26.3. The smallest absolute Gasteiger partial charge is 0.356 e. The number of pyridine rings is 4. The first kappa shape index (κ1) is 59.2. The first-order valence-electron chi connectivity index (χ1n) is 26.3. The van der Waals surface area contributed by atoms with E-state index in [1.807, 2.05) is 201 Å². The molecule has 0 aliphatic rings. The summed E-state index contributed by atoms with van der Waals surface area (Å²) in [7, 11) is 0. The van der Waals surface area contributed by atoms with Crippen LogP contribution in [0.5, 0.6) is 0 Å². The fourth-order valence-corrected chi connectivity index (χ4v) is 9.24. The number of carbonyl (C=O) groups is 4. The van der Waals surface area contributed by atoms with Gasteiger partial charge in [-0.1, -0.05) is 119 Å². The number of hydrogen-bond acceptors (Lipinski definition) is 11. The van der Waals surface area contributed by atoms with Crippen LogP contribution in [0, 0.1) is 43.0 Å². The average molecular weight is 1130 g/mol. The number of anilines is 4. The molecule has 4 heterocycles. The Morgan fingerprint density at radius 2 is 0.494 bits per heavy atom. The SMILES string of the molecule is CCN(C(=O)c1ccc2ccc3ccc(C(=O)N(CC)c4ccc(C)cc4)nc3c2n1)c1ccc(C)cc1.CCN(C(=O)c1ccc2ccc3ccc(C(=O)N(CC)c4ccc(C)cc4)nc3c2n1)c1ccc(C)cc1.O=[N+]([O-])[O-].[Cu+]. The van der Waals surface area contributed by atoms with Gasteiger partial charge >= 0.3 is 17.1 Å². The van der Waals surface area contributed by atoms with Crippen molar-refractivity contribution in [1.82, 2.24) is 19.9 Å². The van der Waals surface area contributed by atoms with Gasteiger partial charge < -0.3 is 34.9 Å². The van der Waals surface area contributed by atoms with Crippen LogP contribution in [0.25, 0.3) is 43.6 Å². The zero-order valence-electron chi connectivity index (χ0n) is 46.2.